The van der Waals surface area contributed by atoms with E-state index in [1.54, 1.807) is 24.3 Å². The molecule has 0 aromatic heterocycles. The fourth-order valence-electron chi connectivity index (χ4n) is 4.72. The summed E-state index contributed by atoms with van der Waals surface area (Å²) in [6.07, 6.45) is 1.55. The predicted octanol–water partition coefficient (Wildman–Crippen LogP) is 2.62. The summed E-state index contributed by atoms with van der Waals surface area (Å²) in [5.74, 6) is -1.88. The number of hydrogen-bond acceptors (Lipinski definition) is 6. The van der Waals surface area contributed by atoms with Crippen LogP contribution in [0.3, 0.4) is 0 Å². The van der Waals surface area contributed by atoms with Gasteiger partial charge in [-0.25, -0.2) is 0 Å². The molecule has 1 saturated heterocycles. The van der Waals surface area contributed by atoms with Crippen molar-refractivity contribution in [2.75, 3.05) is 38.2 Å². The fourth-order valence-corrected chi connectivity index (χ4v) is 4.72. The molecule has 1 aliphatic rings. The number of hydrogen-bond donors (Lipinski definition) is 4. The number of aryl methyl sites for hydroxylation is 2. The van der Waals surface area contributed by atoms with Crippen molar-refractivity contribution in [2.24, 2.45) is 5.92 Å². The molecule has 222 valence electrons. The molecule has 10 heteroatoms. The first-order chi connectivity index (χ1) is 19.7. The number of amides is 3. The first-order valence-electron chi connectivity index (χ1n) is 14.3. The van der Waals surface area contributed by atoms with Gasteiger partial charge in [-0.3, -0.25) is 24.1 Å². The third kappa shape index (κ3) is 11.3. The van der Waals surface area contributed by atoms with Crippen molar-refractivity contribution in [1.82, 2.24) is 15.5 Å². The van der Waals surface area contributed by atoms with E-state index in [0.29, 0.717) is 56.8 Å². The predicted molar refractivity (Wildman–Crippen MR) is 156 cm³/mol. The molecule has 41 heavy (non-hydrogen) atoms. The van der Waals surface area contributed by atoms with E-state index in [0.717, 1.165) is 5.56 Å². The number of morpholine rings is 1. The van der Waals surface area contributed by atoms with E-state index in [9.17, 15) is 19.2 Å². The molecule has 1 fully saturated rings. The van der Waals surface area contributed by atoms with E-state index < -0.39 is 29.9 Å². The summed E-state index contributed by atoms with van der Waals surface area (Å²) in [6, 6.07) is 15.1. The second-order valence-electron chi connectivity index (χ2n) is 10.8. The highest BCUT2D eigenvalue weighted by molar-refractivity contribution is 5.99. The zero-order chi connectivity index (χ0) is 29.6. The van der Waals surface area contributed by atoms with E-state index in [1.165, 1.54) is 0 Å². The minimum absolute atomic E-state index is 0.0632. The number of carboxylic acids is 1. The Hall–Kier alpha value is -3.76. The van der Waals surface area contributed by atoms with Gasteiger partial charge in [0.1, 0.15) is 12.1 Å². The quantitative estimate of drug-likeness (QED) is 0.260. The molecule has 10 nitrogen and oxygen atoms in total. The summed E-state index contributed by atoms with van der Waals surface area (Å²) in [5.41, 5.74) is 2.26. The Morgan fingerprint density at radius 1 is 0.878 bits per heavy atom. The van der Waals surface area contributed by atoms with Gasteiger partial charge in [-0.05, 0) is 48.8 Å². The van der Waals surface area contributed by atoms with E-state index in [4.69, 9.17) is 9.84 Å². The summed E-state index contributed by atoms with van der Waals surface area (Å²) in [4.78, 5) is 53.0. The van der Waals surface area contributed by atoms with E-state index in [2.05, 4.69) is 16.0 Å². The largest absolute Gasteiger partial charge is 0.481 e. The van der Waals surface area contributed by atoms with Crippen LogP contribution in [0.25, 0.3) is 0 Å². The molecule has 1 aliphatic heterocycles. The topological polar surface area (TPSA) is 137 Å². The van der Waals surface area contributed by atoms with Gasteiger partial charge in [0.25, 0.3) is 0 Å². The molecule has 2 atom stereocenters. The van der Waals surface area contributed by atoms with Gasteiger partial charge in [0.15, 0.2) is 0 Å². The Kier molecular flexibility index (Phi) is 12.8. The summed E-state index contributed by atoms with van der Waals surface area (Å²) < 4.78 is 5.36. The second kappa shape index (κ2) is 16.5. The van der Waals surface area contributed by atoms with Crippen molar-refractivity contribution in [3.63, 3.8) is 0 Å². The van der Waals surface area contributed by atoms with Crippen LogP contribution in [0.15, 0.2) is 54.6 Å². The molecular weight excluding hydrogens is 524 g/mol. The first-order valence-corrected chi connectivity index (χ1v) is 14.3. The van der Waals surface area contributed by atoms with Gasteiger partial charge < -0.3 is 25.8 Å². The number of anilines is 1. The number of rotatable bonds is 15. The van der Waals surface area contributed by atoms with Crippen molar-refractivity contribution in [3.05, 3.63) is 65.7 Å². The highest BCUT2D eigenvalue weighted by Gasteiger charge is 2.28. The molecule has 0 spiro atoms. The van der Waals surface area contributed by atoms with Crippen molar-refractivity contribution in [2.45, 2.75) is 58.0 Å². The summed E-state index contributed by atoms with van der Waals surface area (Å²) in [7, 11) is 0. The maximum atomic E-state index is 13.6. The number of nitrogens with one attached hydrogen (secondary N) is 3. The molecule has 0 saturated carbocycles. The average Bonchev–Trinajstić information content (AvgIpc) is 2.95. The highest BCUT2D eigenvalue weighted by Crippen LogP contribution is 2.18. The number of aliphatic carboxylic acids is 1. The lowest BCUT2D eigenvalue weighted by molar-refractivity contribution is -0.137. The van der Waals surface area contributed by atoms with Crippen LogP contribution in [0.1, 0.15) is 44.2 Å². The molecule has 1 heterocycles. The molecule has 2 unspecified atom stereocenters. The van der Waals surface area contributed by atoms with Crippen LogP contribution in [0.5, 0.6) is 0 Å². The number of nitrogens with zero attached hydrogens (tertiary/aromatic N) is 1. The number of carbonyl (C=O) groups is 4. The van der Waals surface area contributed by atoms with E-state index in [1.807, 2.05) is 49.1 Å². The van der Waals surface area contributed by atoms with Crippen molar-refractivity contribution < 1.29 is 29.0 Å². The lowest BCUT2D eigenvalue weighted by Crippen LogP contribution is -2.54. The van der Waals surface area contributed by atoms with Crippen LogP contribution < -0.4 is 16.0 Å². The zero-order valence-electron chi connectivity index (χ0n) is 23.9. The lowest BCUT2D eigenvalue weighted by atomic mass is 10.0. The maximum Gasteiger partial charge on any atom is 0.303 e. The molecule has 4 N–H and O–H groups in total. The third-order valence-electron chi connectivity index (χ3n) is 6.91. The van der Waals surface area contributed by atoms with Crippen LogP contribution in [-0.2, 0) is 36.8 Å². The van der Waals surface area contributed by atoms with Gasteiger partial charge in [-0.1, -0.05) is 62.4 Å². The van der Waals surface area contributed by atoms with E-state index in [-0.39, 0.29) is 31.2 Å². The average molecular weight is 567 g/mol. The Morgan fingerprint density at radius 2 is 1.56 bits per heavy atom. The minimum Gasteiger partial charge on any atom is -0.481 e. The fraction of sp³-hybridized carbons (Fsp3) is 0.484. The number of carbonyl (C=O) groups excluding carboxylic acids is 3. The molecule has 2 aromatic rings. The molecule has 0 bridgehead atoms. The smallest absolute Gasteiger partial charge is 0.303 e. The Bertz CT molecular complexity index is 1150. The van der Waals surface area contributed by atoms with Gasteiger partial charge in [0.2, 0.25) is 17.7 Å². The van der Waals surface area contributed by atoms with Gasteiger partial charge >= 0.3 is 5.97 Å². The van der Waals surface area contributed by atoms with Gasteiger partial charge in [0, 0.05) is 25.2 Å². The molecule has 0 radical (unpaired) electrons. The Labute approximate surface area is 241 Å². The van der Waals surface area contributed by atoms with Crippen molar-refractivity contribution >= 4 is 29.4 Å². The van der Waals surface area contributed by atoms with Gasteiger partial charge in [0.05, 0.1) is 19.8 Å². The van der Waals surface area contributed by atoms with Crippen LogP contribution >= 0.6 is 0 Å². The first kappa shape index (κ1) is 31.8. The number of para-hydroxylation sites is 1. The molecular formula is C31H42N4O6. The minimum atomic E-state index is -0.923. The summed E-state index contributed by atoms with van der Waals surface area (Å²) >= 11 is 0. The number of benzene rings is 2. The zero-order valence-corrected chi connectivity index (χ0v) is 23.9. The normalized spacial score (nSPS) is 15.1. The maximum absolute atomic E-state index is 13.6. The summed E-state index contributed by atoms with van der Waals surface area (Å²) in [5, 5.41) is 17.8. The monoisotopic (exact) mass is 566 g/mol. The van der Waals surface area contributed by atoms with E-state index >= 15 is 0 Å². The number of ether oxygens (including phenoxy) is 1. The van der Waals surface area contributed by atoms with Gasteiger partial charge in [-0.15, -0.1) is 0 Å². The highest BCUT2D eigenvalue weighted by atomic mass is 16.5. The molecule has 3 amide bonds. The molecule has 0 aliphatic carbocycles. The SMILES string of the molecule is CC(C)CC(NC(=O)C(CCc1ccccc1)NC(=O)CN1CCOCC1)C(=O)Nc1ccccc1CCC(=O)O. The van der Waals surface area contributed by atoms with Crippen LogP contribution in [0.2, 0.25) is 0 Å². The molecule has 3 rings (SSSR count). The Balaban J connectivity index is 1.71. The summed E-state index contributed by atoms with van der Waals surface area (Å²) in [6.45, 7) is 6.53. The van der Waals surface area contributed by atoms with Crippen LogP contribution in [0.4, 0.5) is 5.69 Å². The molecule has 2 aromatic carbocycles. The van der Waals surface area contributed by atoms with Crippen LogP contribution in [-0.4, -0.2) is 78.6 Å². The number of carboxylic acid groups (broad SMARTS) is 1. The van der Waals surface area contributed by atoms with Crippen molar-refractivity contribution in [1.29, 1.82) is 0 Å². The lowest BCUT2D eigenvalue weighted by Gasteiger charge is -2.28. The third-order valence-corrected chi connectivity index (χ3v) is 6.91. The van der Waals surface area contributed by atoms with Gasteiger partial charge in [-0.2, -0.15) is 0 Å². The van der Waals surface area contributed by atoms with Crippen LogP contribution in [0, 0.1) is 5.92 Å². The standard InChI is InChI=1S/C31H42N4O6/c1-22(2)20-27(31(40)33-25-11-7-6-10-24(25)13-15-29(37)38)34-30(39)26(14-12-23-8-4-3-5-9-23)32-28(36)21-35-16-18-41-19-17-35/h3-11,22,26-27H,12-21H2,1-2H3,(H,32,36)(H,33,40)(H,34,39)(H,37,38). The van der Waals surface area contributed by atoms with Crippen molar-refractivity contribution in [3.8, 4) is 0 Å². The second-order valence-corrected chi connectivity index (χ2v) is 10.8. The Morgan fingerprint density at radius 3 is 2.24 bits per heavy atom.